The van der Waals surface area contributed by atoms with Gasteiger partial charge in [-0.2, -0.15) is 0 Å². The zero-order valence-corrected chi connectivity index (χ0v) is 3.14. The molecule has 0 aliphatic rings. The standard InChI is InChI=1S/11CH4.BPS/c;;;;;;;;;;;1-2-3/h11*1H4;. The van der Waals surface area contributed by atoms with Crippen LogP contribution in [0.15, 0.2) is 0 Å². The molecule has 0 aromatic carbocycles. The molecule has 0 atom stereocenters. The summed E-state index contributed by atoms with van der Waals surface area (Å²) in [7, 11) is 5.13. The second-order valence-corrected chi connectivity index (χ2v) is 0.949. The van der Waals surface area contributed by atoms with Crippen molar-refractivity contribution >= 4 is 26.6 Å². The minimum Gasteiger partial charge on any atom is -0.0948 e. The molecule has 0 saturated carbocycles. The van der Waals surface area contributed by atoms with Crippen molar-refractivity contribution < 1.29 is 0 Å². The molecule has 102 valence electrons. The molecule has 0 aromatic rings. The van der Waals surface area contributed by atoms with Gasteiger partial charge in [0.2, 0.25) is 0 Å². The monoisotopic (exact) mass is 250 g/mol. The van der Waals surface area contributed by atoms with Crippen molar-refractivity contribution in [2.24, 2.45) is 0 Å². The highest BCUT2D eigenvalue weighted by Gasteiger charge is 1.23. The summed E-state index contributed by atoms with van der Waals surface area (Å²) in [6.45, 7) is 0. The van der Waals surface area contributed by atoms with Crippen molar-refractivity contribution in [3.05, 3.63) is 0 Å². The van der Waals surface area contributed by atoms with Crippen molar-refractivity contribution in [1.82, 2.24) is 0 Å². The normalized spacial score (nSPS) is 1.43. The summed E-state index contributed by atoms with van der Waals surface area (Å²) < 4.78 is 0. The highest BCUT2D eigenvalue weighted by Crippen LogP contribution is 1.65. The molecular weight excluding hydrogens is 206 g/mol. The van der Waals surface area contributed by atoms with Crippen LogP contribution < -0.4 is 0 Å². The van der Waals surface area contributed by atoms with Crippen LogP contribution in [0.2, 0.25) is 0 Å². The third kappa shape index (κ3) is 4940. The Balaban J connectivity index is -0.000000000364. The minimum absolute atomic E-state index is 0. The molecule has 0 aliphatic carbocycles. The van der Waals surface area contributed by atoms with Crippen molar-refractivity contribution in [1.29, 1.82) is 0 Å². The summed E-state index contributed by atoms with van der Waals surface area (Å²) >= 11 is 4.14. The molecule has 0 spiro atoms. The van der Waals surface area contributed by atoms with Gasteiger partial charge < -0.3 is 0 Å². The van der Waals surface area contributed by atoms with E-state index in [-0.39, 0.29) is 81.7 Å². The molecule has 0 aromatic heterocycles. The Morgan fingerprint density at radius 3 is 0.500 bits per heavy atom. The molecule has 0 aliphatic heterocycles. The quantitative estimate of drug-likeness (QED) is 0.317. The third-order valence-electron chi connectivity index (χ3n) is 0. The molecule has 0 nitrogen and oxygen atoms in total. The molecule has 0 amide bonds. The summed E-state index contributed by atoms with van der Waals surface area (Å²) in [5.41, 5.74) is 0. The van der Waals surface area contributed by atoms with Gasteiger partial charge in [-0.15, -0.1) is 0 Å². The van der Waals surface area contributed by atoms with Gasteiger partial charge in [-0.3, -0.25) is 0 Å². The van der Waals surface area contributed by atoms with Crippen LogP contribution in [0.3, 0.4) is 0 Å². The maximum absolute atomic E-state index is 4.63. The van der Waals surface area contributed by atoms with E-state index in [0.717, 1.165) is 0 Å². The van der Waals surface area contributed by atoms with Gasteiger partial charge >= 0.3 is 0 Å². The van der Waals surface area contributed by atoms with Crippen LogP contribution in [-0.4, -0.2) is 7.57 Å². The third-order valence-corrected chi connectivity index (χ3v) is 0. The van der Waals surface area contributed by atoms with Gasteiger partial charge in [0, 0.05) is 0 Å². The van der Waals surface area contributed by atoms with Crippen LogP contribution >= 0.6 is 7.23 Å². The highest BCUT2D eigenvalue weighted by molar-refractivity contribution is 8.07. The van der Waals surface area contributed by atoms with E-state index in [1.54, 1.807) is 0 Å². The fourth-order valence-corrected chi connectivity index (χ4v) is 0. The maximum Gasteiger partial charge on any atom is 0.167 e. The largest absolute Gasteiger partial charge is 0.167 e. The van der Waals surface area contributed by atoms with E-state index in [4.69, 9.17) is 0 Å². The van der Waals surface area contributed by atoms with Gasteiger partial charge in [0.05, 0.1) is 0 Å². The molecular formula is C11H44BPS. The average molecular weight is 250 g/mol. The molecule has 14 heavy (non-hydrogen) atoms. The summed E-state index contributed by atoms with van der Waals surface area (Å²) in [5, 5.41) is 0. The Bertz CT molecular complexity index is 22.8. The second kappa shape index (κ2) is 857. The fourth-order valence-electron chi connectivity index (χ4n) is 0. The fraction of sp³-hybridized carbons (Fsp3) is 1.00. The van der Waals surface area contributed by atoms with Crippen LogP contribution in [0.1, 0.15) is 81.7 Å². The van der Waals surface area contributed by atoms with Gasteiger partial charge in [-0.1, -0.05) is 101 Å². The summed E-state index contributed by atoms with van der Waals surface area (Å²) in [5.74, 6) is 0. The maximum atomic E-state index is 4.63. The summed E-state index contributed by atoms with van der Waals surface area (Å²) in [6, 6.07) is 0. The Hall–Kier alpha value is 0.585. The Kier molecular flexibility index (Phi) is 24600. The van der Waals surface area contributed by atoms with Crippen molar-refractivity contribution in [3.8, 4) is 0 Å². The van der Waals surface area contributed by atoms with Crippen LogP contribution in [0.5, 0.6) is 0 Å². The van der Waals surface area contributed by atoms with E-state index < -0.39 is 0 Å². The first-order chi connectivity index (χ1) is 1.41. The van der Waals surface area contributed by atoms with Crippen LogP contribution in [0.4, 0.5) is 0 Å². The molecule has 2 radical (unpaired) electrons. The molecule has 0 heterocycles. The molecule has 3 heteroatoms. The van der Waals surface area contributed by atoms with Gasteiger partial charge in [0.1, 0.15) is 0 Å². The average Bonchev–Trinajstić information content (AvgIpc) is 0.918. The molecule has 0 rings (SSSR count). The van der Waals surface area contributed by atoms with Gasteiger partial charge in [0.15, 0.2) is 7.57 Å². The predicted octanol–water partition coefficient (Wildman–Crippen LogP) is 7.48. The molecule has 0 fully saturated rings. The van der Waals surface area contributed by atoms with Gasteiger partial charge in [-0.05, 0) is 0 Å². The smallest absolute Gasteiger partial charge is 0.0948 e. The zero-order valence-electron chi connectivity index (χ0n) is 1.43. The van der Waals surface area contributed by atoms with Crippen molar-refractivity contribution in [2.75, 3.05) is 0 Å². The first kappa shape index (κ1) is 403. The lowest BCUT2D eigenvalue weighted by molar-refractivity contribution is 2.50. The Labute approximate surface area is 109 Å². The number of hydrogen-bond donors (Lipinski definition) is 0. The molecule has 0 unspecified atom stereocenters. The van der Waals surface area contributed by atoms with Gasteiger partial charge in [0.25, 0.3) is 0 Å². The van der Waals surface area contributed by atoms with Crippen LogP contribution in [-0.2, 0) is 11.8 Å². The van der Waals surface area contributed by atoms with E-state index in [9.17, 15) is 0 Å². The van der Waals surface area contributed by atoms with Gasteiger partial charge in [-0.25, -0.2) is 0 Å². The van der Waals surface area contributed by atoms with Crippen molar-refractivity contribution in [2.45, 2.75) is 81.7 Å². The lowest BCUT2D eigenvalue weighted by atomic mass is 10.8. The SMILES string of the molecule is C.C.C.C.C.C.C.C.C.C.C.[B]P=S. The minimum atomic E-state index is 0. The number of rotatable bonds is 0. The summed E-state index contributed by atoms with van der Waals surface area (Å²) in [4.78, 5) is 0. The number of hydrogen-bond acceptors (Lipinski definition) is 1. The highest BCUT2D eigenvalue weighted by atomic mass is 32.4. The van der Waals surface area contributed by atoms with Crippen LogP contribution in [0, 0.1) is 0 Å². The van der Waals surface area contributed by atoms with E-state index in [2.05, 4.69) is 19.4 Å². The van der Waals surface area contributed by atoms with Crippen LogP contribution in [0.25, 0.3) is 0 Å². The lowest BCUT2D eigenvalue weighted by Gasteiger charge is -1.24. The van der Waals surface area contributed by atoms with E-state index >= 15 is 0 Å². The topological polar surface area (TPSA) is 0 Å². The summed E-state index contributed by atoms with van der Waals surface area (Å²) in [6.07, 6.45) is 0. The van der Waals surface area contributed by atoms with Crippen molar-refractivity contribution in [3.63, 3.8) is 0 Å². The first-order valence-corrected chi connectivity index (χ1v) is 2.42. The predicted molar refractivity (Wildman–Crippen MR) is 94.1 cm³/mol. The zero-order chi connectivity index (χ0) is 2.71. The van der Waals surface area contributed by atoms with E-state index in [1.165, 1.54) is 0 Å². The van der Waals surface area contributed by atoms with E-state index in [1.807, 2.05) is 0 Å². The Morgan fingerprint density at radius 2 is 0.500 bits per heavy atom. The van der Waals surface area contributed by atoms with E-state index in [0.29, 0.717) is 7.23 Å². The molecule has 0 saturated heterocycles. The second-order valence-electron chi connectivity index (χ2n) is 0.105. The molecule has 0 bridgehead atoms. The Morgan fingerprint density at radius 1 is 0.500 bits per heavy atom. The molecule has 0 N–H and O–H groups in total. The first-order valence-electron chi connectivity index (χ1n) is 0.441. The lowest BCUT2D eigenvalue weighted by Crippen LogP contribution is -1.07.